The largest absolute Gasteiger partial charge is 0.497 e. The Morgan fingerprint density at radius 2 is 2.00 bits per heavy atom. The predicted octanol–water partition coefficient (Wildman–Crippen LogP) is 2.61. The molecule has 0 saturated carbocycles. The standard InChI is InChI=1S/C16H22N2O2.C2HF3O2/c1-20-14-6-7-15-12(10-14)5-3-9-18(15)16(19)13-4-2-8-17-11-13;3-2(4,5)1(6)7/h6-7,10,13,17H,2-5,8-9,11H2,1H3;(H,6,7). The van der Waals surface area contributed by atoms with Crippen LogP contribution in [0.25, 0.3) is 0 Å². The number of anilines is 1. The number of carbonyl (C=O) groups is 2. The number of aryl methyl sites for hydroxylation is 1. The molecule has 0 spiro atoms. The molecule has 0 aromatic heterocycles. The molecule has 1 amide bonds. The van der Waals surface area contributed by atoms with Gasteiger partial charge in [-0.1, -0.05) is 0 Å². The SMILES string of the molecule is COc1ccc2c(c1)CCCN2C(=O)C1CCCNC1.O=C(O)C(F)(F)F. The van der Waals surface area contributed by atoms with Gasteiger partial charge in [-0.2, -0.15) is 13.2 Å². The third-order valence-corrected chi connectivity index (χ3v) is 4.56. The number of carboxylic acid groups (broad SMARTS) is 1. The van der Waals surface area contributed by atoms with Crippen LogP contribution in [0.4, 0.5) is 18.9 Å². The highest BCUT2D eigenvalue weighted by Gasteiger charge is 2.38. The number of carbonyl (C=O) groups excluding carboxylic acids is 1. The number of methoxy groups -OCH3 is 1. The van der Waals surface area contributed by atoms with Crippen molar-refractivity contribution in [1.29, 1.82) is 0 Å². The van der Waals surface area contributed by atoms with Crippen LogP contribution in [0.15, 0.2) is 18.2 Å². The van der Waals surface area contributed by atoms with Crippen molar-refractivity contribution in [2.45, 2.75) is 31.9 Å². The summed E-state index contributed by atoms with van der Waals surface area (Å²) < 4.78 is 37.0. The number of hydrogen-bond acceptors (Lipinski definition) is 4. The first-order chi connectivity index (χ1) is 12.7. The van der Waals surface area contributed by atoms with Gasteiger partial charge in [0.05, 0.1) is 13.0 Å². The molecule has 2 heterocycles. The zero-order chi connectivity index (χ0) is 20.0. The normalized spacial score (nSPS) is 19.4. The van der Waals surface area contributed by atoms with Crippen LogP contribution in [0, 0.1) is 5.92 Å². The van der Waals surface area contributed by atoms with Crippen molar-refractivity contribution in [3.8, 4) is 5.75 Å². The number of piperidine rings is 1. The molecule has 1 atom stereocenters. The number of amides is 1. The summed E-state index contributed by atoms with van der Waals surface area (Å²) >= 11 is 0. The molecule has 2 aliphatic heterocycles. The van der Waals surface area contributed by atoms with Gasteiger partial charge in [-0.25, -0.2) is 4.79 Å². The maximum absolute atomic E-state index is 12.7. The second-order valence-electron chi connectivity index (χ2n) is 6.43. The first kappa shape index (κ1) is 21.0. The van der Waals surface area contributed by atoms with E-state index in [-0.39, 0.29) is 11.8 Å². The number of nitrogens with one attached hydrogen (secondary N) is 1. The Morgan fingerprint density at radius 3 is 2.56 bits per heavy atom. The van der Waals surface area contributed by atoms with Crippen LogP contribution in [-0.2, 0) is 16.0 Å². The van der Waals surface area contributed by atoms with Crippen LogP contribution in [0.2, 0.25) is 0 Å². The number of alkyl halides is 3. The molecule has 0 bridgehead atoms. The molecular weight excluding hydrogens is 365 g/mol. The van der Waals surface area contributed by atoms with Gasteiger partial charge in [-0.3, -0.25) is 4.79 Å². The molecule has 3 rings (SSSR count). The van der Waals surface area contributed by atoms with Crippen LogP contribution < -0.4 is 15.0 Å². The number of fused-ring (bicyclic) bond motifs is 1. The van der Waals surface area contributed by atoms with Gasteiger partial charge in [-0.15, -0.1) is 0 Å². The number of carboxylic acids is 1. The van der Waals surface area contributed by atoms with E-state index < -0.39 is 12.1 Å². The van der Waals surface area contributed by atoms with Crippen molar-refractivity contribution in [1.82, 2.24) is 5.32 Å². The van der Waals surface area contributed by atoms with Crippen LogP contribution >= 0.6 is 0 Å². The minimum absolute atomic E-state index is 0.136. The summed E-state index contributed by atoms with van der Waals surface area (Å²) in [6.45, 7) is 2.70. The quantitative estimate of drug-likeness (QED) is 0.814. The molecular formula is C18H23F3N2O4. The average molecular weight is 388 g/mol. The maximum Gasteiger partial charge on any atom is 0.490 e. The number of nitrogens with zero attached hydrogens (tertiary/aromatic N) is 1. The second kappa shape index (κ2) is 9.07. The van der Waals surface area contributed by atoms with Crippen LogP contribution in [0.3, 0.4) is 0 Å². The van der Waals surface area contributed by atoms with Crippen LogP contribution in [0.5, 0.6) is 5.75 Å². The Morgan fingerprint density at radius 1 is 1.30 bits per heavy atom. The Balaban J connectivity index is 0.000000321. The summed E-state index contributed by atoms with van der Waals surface area (Å²) in [4.78, 5) is 23.6. The van der Waals surface area contributed by atoms with Crippen molar-refractivity contribution in [3.63, 3.8) is 0 Å². The predicted molar refractivity (Wildman–Crippen MR) is 93.0 cm³/mol. The molecule has 2 N–H and O–H groups in total. The Kier molecular flexibility index (Phi) is 7.06. The number of halogens is 3. The summed E-state index contributed by atoms with van der Waals surface area (Å²) in [5.41, 5.74) is 2.31. The molecule has 9 heteroatoms. The topological polar surface area (TPSA) is 78.9 Å². The van der Waals surface area contributed by atoms with E-state index in [0.29, 0.717) is 0 Å². The summed E-state index contributed by atoms with van der Waals surface area (Å²) in [5.74, 6) is -1.47. The van der Waals surface area contributed by atoms with Gasteiger partial charge in [0.25, 0.3) is 0 Å². The number of hydrogen-bond donors (Lipinski definition) is 2. The number of ether oxygens (including phenoxy) is 1. The van der Waals surface area contributed by atoms with Gasteiger partial charge in [0, 0.05) is 18.8 Å². The summed E-state index contributed by atoms with van der Waals surface area (Å²) in [5, 5.41) is 10.5. The maximum atomic E-state index is 12.7. The Labute approximate surface area is 155 Å². The zero-order valence-electron chi connectivity index (χ0n) is 15.0. The first-order valence-corrected chi connectivity index (χ1v) is 8.73. The monoisotopic (exact) mass is 388 g/mol. The van der Waals surface area contributed by atoms with Gasteiger partial charge in [0.1, 0.15) is 5.75 Å². The minimum Gasteiger partial charge on any atom is -0.497 e. The second-order valence-corrected chi connectivity index (χ2v) is 6.43. The molecule has 1 saturated heterocycles. The molecule has 150 valence electrons. The smallest absolute Gasteiger partial charge is 0.490 e. The van der Waals surface area contributed by atoms with E-state index in [1.165, 1.54) is 5.56 Å². The molecule has 27 heavy (non-hydrogen) atoms. The van der Waals surface area contributed by atoms with Gasteiger partial charge in [-0.05, 0) is 56.0 Å². The molecule has 1 fully saturated rings. The van der Waals surface area contributed by atoms with E-state index in [4.69, 9.17) is 14.6 Å². The zero-order valence-corrected chi connectivity index (χ0v) is 15.0. The lowest BCUT2D eigenvalue weighted by Gasteiger charge is -2.34. The van der Waals surface area contributed by atoms with Gasteiger partial charge in [0.15, 0.2) is 0 Å². The molecule has 0 radical (unpaired) electrons. The van der Waals surface area contributed by atoms with Crippen LogP contribution in [0.1, 0.15) is 24.8 Å². The highest BCUT2D eigenvalue weighted by Crippen LogP contribution is 2.32. The third kappa shape index (κ3) is 5.59. The Hall–Kier alpha value is -2.29. The van der Waals surface area contributed by atoms with E-state index >= 15 is 0 Å². The Bertz CT molecular complexity index is 673. The number of aliphatic carboxylic acids is 1. The lowest BCUT2D eigenvalue weighted by Crippen LogP contribution is -2.45. The van der Waals surface area contributed by atoms with Gasteiger partial charge >= 0.3 is 12.1 Å². The molecule has 2 aliphatic rings. The van der Waals surface area contributed by atoms with Gasteiger partial charge in [0.2, 0.25) is 5.91 Å². The fourth-order valence-electron chi connectivity index (χ4n) is 3.21. The van der Waals surface area contributed by atoms with Crippen molar-refractivity contribution < 1.29 is 32.6 Å². The van der Waals surface area contributed by atoms with Crippen LogP contribution in [-0.4, -0.2) is 49.9 Å². The molecule has 1 aromatic carbocycles. The highest BCUT2D eigenvalue weighted by atomic mass is 19.4. The summed E-state index contributed by atoms with van der Waals surface area (Å²) in [6, 6.07) is 6.04. The van der Waals surface area contributed by atoms with E-state index in [2.05, 4.69) is 11.4 Å². The molecule has 1 unspecified atom stereocenters. The lowest BCUT2D eigenvalue weighted by molar-refractivity contribution is -0.192. The van der Waals surface area contributed by atoms with E-state index in [9.17, 15) is 18.0 Å². The molecule has 6 nitrogen and oxygen atoms in total. The minimum atomic E-state index is -5.08. The number of rotatable bonds is 2. The lowest BCUT2D eigenvalue weighted by atomic mass is 9.95. The first-order valence-electron chi connectivity index (χ1n) is 8.73. The van der Waals surface area contributed by atoms with E-state index in [1.807, 2.05) is 17.0 Å². The summed E-state index contributed by atoms with van der Waals surface area (Å²) in [7, 11) is 1.68. The van der Waals surface area contributed by atoms with Gasteiger partial charge < -0.3 is 20.1 Å². The average Bonchev–Trinajstić information content (AvgIpc) is 2.67. The van der Waals surface area contributed by atoms with Crippen molar-refractivity contribution in [2.24, 2.45) is 5.92 Å². The van der Waals surface area contributed by atoms with Crippen molar-refractivity contribution >= 4 is 17.6 Å². The van der Waals surface area contributed by atoms with Crippen molar-refractivity contribution in [3.05, 3.63) is 23.8 Å². The van der Waals surface area contributed by atoms with E-state index in [1.54, 1.807) is 7.11 Å². The third-order valence-electron chi connectivity index (χ3n) is 4.56. The number of benzene rings is 1. The fourth-order valence-corrected chi connectivity index (χ4v) is 3.21. The van der Waals surface area contributed by atoms with E-state index in [0.717, 1.165) is 56.8 Å². The molecule has 1 aromatic rings. The fraction of sp³-hybridized carbons (Fsp3) is 0.556. The van der Waals surface area contributed by atoms with Crippen molar-refractivity contribution in [2.75, 3.05) is 31.6 Å². The highest BCUT2D eigenvalue weighted by molar-refractivity contribution is 5.96. The summed E-state index contributed by atoms with van der Waals surface area (Å²) in [6.07, 6.45) is -0.918. The molecule has 0 aliphatic carbocycles.